The second-order valence-electron chi connectivity index (χ2n) is 14.9. The number of benzene rings is 10. The SMILES string of the molecule is c1ccc(-c2ccc(N(c3ccc(-c4cccc5ccccc45)cc3)c3ccc4c5c(-c6cccc7ccccc67)cccc5n(-c5ccccc5)c4c3)cc2)cc1. The topological polar surface area (TPSA) is 8.17 Å². The monoisotopic (exact) mass is 738 g/mol. The van der Waals surface area contributed by atoms with Crippen LogP contribution in [0.1, 0.15) is 0 Å². The van der Waals surface area contributed by atoms with E-state index in [0.717, 1.165) is 28.3 Å². The molecule has 0 aliphatic carbocycles. The molecule has 1 heterocycles. The fourth-order valence-corrected chi connectivity index (χ4v) is 8.88. The third-order valence-electron chi connectivity index (χ3n) is 11.6. The number of fused-ring (bicyclic) bond motifs is 5. The maximum Gasteiger partial charge on any atom is 0.0562 e. The van der Waals surface area contributed by atoms with E-state index in [9.17, 15) is 0 Å². The van der Waals surface area contributed by atoms with Crippen molar-refractivity contribution in [3.8, 4) is 39.1 Å². The maximum atomic E-state index is 2.43. The quantitative estimate of drug-likeness (QED) is 0.158. The highest BCUT2D eigenvalue weighted by Crippen LogP contribution is 2.44. The highest BCUT2D eigenvalue weighted by atomic mass is 15.1. The van der Waals surface area contributed by atoms with Crippen LogP contribution < -0.4 is 4.90 Å². The standard InChI is InChI=1S/C56H38N2/c1-3-14-39(15-4-1)40-28-32-45(33-29-40)57(46-34-30-43(31-35-46)49-24-11-18-41-16-7-9-22-48(41)49)47-36-37-53-55(38-47)58(44-20-5-2-6-21-44)54-27-13-26-52(56(53)54)51-25-12-19-42-17-8-10-23-50(42)51/h1-38H. The Labute approximate surface area is 338 Å². The number of para-hydroxylation sites is 1. The summed E-state index contributed by atoms with van der Waals surface area (Å²) in [6.45, 7) is 0. The molecule has 0 spiro atoms. The third-order valence-corrected chi connectivity index (χ3v) is 11.6. The normalized spacial score (nSPS) is 11.4. The lowest BCUT2D eigenvalue weighted by atomic mass is 9.94. The summed E-state index contributed by atoms with van der Waals surface area (Å²) in [4.78, 5) is 2.39. The third kappa shape index (κ3) is 5.74. The van der Waals surface area contributed by atoms with E-state index in [-0.39, 0.29) is 0 Å². The molecule has 11 aromatic rings. The van der Waals surface area contributed by atoms with Crippen LogP contribution in [0.2, 0.25) is 0 Å². The van der Waals surface area contributed by atoms with Gasteiger partial charge in [-0.3, -0.25) is 0 Å². The molecule has 0 atom stereocenters. The van der Waals surface area contributed by atoms with Gasteiger partial charge in [0.15, 0.2) is 0 Å². The predicted octanol–water partition coefficient (Wildman–Crippen LogP) is 15.6. The van der Waals surface area contributed by atoms with E-state index in [1.165, 1.54) is 71.2 Å². The molecule has 0 bridgehead atoms. The molecule has 0 aliphatic heterocycles. The molecule has 2 nitrogen and oxygen atoms in total. The van der Waals surface area contributed by atoms with Gasteiger partial charge in [0.2, 0.25) is 0 Å². The van der Waals surface area contributed by atoms with Gasteiger partial charge >= 0.3 is 0 Å². The fraction of sp³-hybridized carbons (Fsp3) is 0. The first-order valence-corrected chi connectivity index (χ1v) is 19.9. The summed E-state index contributed by atoms with van der Waals surface area (Å²) < 4.78 is 2.43. The molecule has 0 radical (unpaired) electrons. The Morgan fingerprint density at radius 2 is 0.793 bits per heavy atom. The lowest BCUT2D eigenvalue weighted by Gasteiger charge is -2.26. The minimum atomic E-state index is 1.09. The molecule has 10 aromatic carbocycles. The molecular formula is C56H38N2. The zero-order chi connectivity index (χ0) is 38.4. The lowest BCUT2D eigenvalue weighted by Crippen LogP contribution is -2.10. The molecule has 0 amide bonds. The molecular weight excluding hydrogens is 701 g/mol. The number of rotatable bonds is 7. The average Bonchev–Trinajstić information content (AvgIpc) is 3.64. The Balaban J connectivity index is 1.12. The van der Waals surface area contributed by atoms with Crippen molar-refractivity contribution in [1.29, 1.82) is 0 Å². The van der Waals surface area contributed by atoms with Crippen molar-refractivity contribution in [2.45, 2.75) is 0 Å². The van der Waals surface area contributed by atoms with E-state index in [4.69, 9.17) is 0 Å². The highest BCUT2D eigenvalue weighted by Gasteiger charge is 2.20. The Kier molecular flexibility index (Phi) is 8.19. The first kappa shape index (κ1) is 33.6. The van der Waals surface area contributed by atoms with Crippen LogP contribution in [0.25, 0.3) is 82.4 Å². The maximum absolute atomic E-state index is 2.43. The van der Waals surface area contributed by atoms with Crippen molar-refractivity contribution in [3.63, 3.8) is 0 Å². The molecule has 2 heteroatoms. The largest absolute Gasteiger partial charge is 0.310 e. The van der Waals surface area contributed by atoms with Crippen LogP contribution in [0.3, 0.4) is 0 Å². The minimum Gasteiger partial charge on any atom is -0.310 e. The van der Waals surface area contributed by atoms with E-state index in [1.807, 2.05) is 0 Å². The summed E-state index contributed by atoms with van der Waals surface area (Å²) in [6, 6.07) is 83.7. The van der Waals surface area contributed by atoms with Gasteiger partial charge in [-0.05, 0) is 110 Å². The summed E-state index contributed by atoms with van der Waals surface area (Å²) in [5.41, 5.74) is 14.0. The molecule has 0 saturated heterocycles. The predicted molar refractivity (Wildman–Crippen MR) is 247 cm³/mol. The summed E-state index contributed by atoms with van der Waals surface area (Å²) in [7, 11) is 0. The van der Waals surface area contributed by atoms with Gasteiger partial charge in [0.25, 0.3) is 0 Å². The first-order valence-electron chi connectivity index (χ1n) is 19.9. The number of anilines is 3. The van der Waals surface area contributed by atoms with Gasteiger partial charge < -0.3 is 9.47 Å². The van der Waals surface area contributed by atoms with Gasteiger partial charge in [-0.25, -0.2) is 0 Å². The van der Waals surface area contributed by atoms with Gasteiger partial charge in [-0.2, -0.15) is 0 Å². The molecule has 0 fully saturated rings. The van der Waals surface area contributed by atoms with Crippen LogP contribution in [-0.2, 0) is 0 Å². The Bertz CT molecular complexity index is 3240. The fourth-order valence-electron chi connectivity index (χ4n) is 8.88. The lowest BCUT2D eigenvalue weighted by molar-refractivity contribution is 1.18. The van der Waals surface area contributed by atoms with Crippen molar-refractivity contribution >= 4 is 60.4 Å². The molecule has 0 aliphatic rings. The zero-order valence-electron chi connectivity index (χ0n) is 31.8. The molecule has 0 saturated carbocycles. The number of aromatic nitrogens is 1. The van der Waals surface area contributed by atoms with Crippen molar-refractivity contribution in [1.82, 2.24) is 4.57 Å². The van der Waals surface area contributed by atoms with Gasteiger partial charge in [-0.15, -0.1) is 0 Å². The zero-order valence-corrected chi connectivity index (χ0v) is 31.8. The van der Waals surface area contributed by atoms with Crippen molar-refractivity contribution in [3.05, 3.63) is 231 Å². The van der Waals surface area contributed by atoms with E-state index < -0.39 is 0 Å². The van der Waals surface area contributed by atoms with Crippen LogP contribution in [0.4, 0.5) is 17.1 Å². The van der Waals surface area contributed by atoms with E-state index in [1.54, 1.807) is 0 Å². The summed E-state index contributed by atoms with van der Waals surface area (Å²) in [6.07, 6.45) is 0. The van der Waals surface area contributed by atoms with Crippen molar-refractivity contribution < 1.29 is 0 Å². The van der Waals surface area contributed by atoms with Crippen LogP contribution in [-0.4, -0.2) is 4.57 Å². The molecule has 58 heavy (non-hydrogen) atoms. The molecule has 0 unspecified atom stereocenters. The molecule has 1 aromatic heterocycles. The highest BCUT2D eigenvalue weighted by molar-refractivity contribution is 6.18. The second-order valence-corrected chi connectivity index (χ2v) is 14.9. The van der Waals surface area contributed by atoms with Crippen LogP contribution >= 0.6 is 0 Å². The Hall–Kier alpha value is -7.68. The second kappa shape index (κ2) is 14.1. The molecule has 272 valence electrons. The number of nitrogens with zero attached hydrogens (tertiary/aromatic N) is 2. The summed E-state index contributed by atoms with van der Waals surface area (Å²) in [5.74, 6) is 0. The Morgan fingerprint density at radius 1 is 0.293 bits per heavy atom. The van der Waals surface area contributed by atoms with Gasteiger partial charge in [0.05, 0.1) is 11.0 Å². The van der Waals surface area contributed by atoms with Crippen LogP contribution in [0, 0.1) is 0 Å². The van der Waals surface area contributed by atoms with Crippen LogP contribution in [0.15, 0.2) is 231 Å². The smallest absolute Gasteiger partial charge is 0.0562 e. The van der Waals surface area contributed by atoms with E-state index in [2.05, 4.69) is 240 Å². The van der Waals surface area contributed by atoms with E-state index >= 15 is 0 Å². The molecule has 0 N–H and O–H groups in total. The van der Waals surface area contributed by atoms with Crippen LogP contribution in [0.5, 0.6) is 0 Å². The number of hydrogen-bond acceptors (Lipinski definition) is 1. The Morgan fingerprint density at radius 3 is 1.48 bits per heavy atom. The summed E-state index contributed by atoms with van der Waals surface area (Å²) in [5, 5.41) is 7.47. The van der Waals surface area contributed by atoms with Crippen molar-refractivity contribution in [2.75, 3.05) is 4.90 Å². The average molecular weight is 739 g/mol. The minimum absolute atomic E-state index is 1.09. The van der Waals surface area contributed by atoms with E-state index in [0.29, 0.717) is 0 Å². The van der Waals surface area contributed by atoms with Gasteiger partial charge in [0, 0.05) is 33.5 Å². The first-order chi connectivity index (χ1) is 28.8. The summed E-state index contributed by atoms with van der Waals surface area (Å²) >= 11 is 0. The van der Waals surface area contributed by atoms with Gasteiger partial charge in [-0.1, -0.05) is 176 Å². The molecule has 11 rings (SSSR count). The van der Waals surface area contributed by atoms with Crippen molar-refractivity contribution in [2.24, 2.45) is 0 Å². The van der Waals surface area contributed by atoms with Gasteiger partial charge in [0.1, 0.15) is 0 Å². The number of hydrogen-bond donors (Lipinski definition) is 0.